The molecule has 0 saturated heterocycles. The zero-order chi connectivity index (χ0) is 23.6. The Labute approximate surface area is 198 Å². The van der Waals surface area contributed by atoms with Crippen molar-refractivity contribution in [2.75, 3.05) is 19.4 Å². The van der Waals surface area contributed by atoms with Gasteiger partial charge in [0.05, 0.1) is 20.7 Å². The number of benzene rings is 2. The van der Waals surface area contributed by atoms with Crippen LogP contribution in [0.5, 0.6) is 0 Å². The van der Waals surface area contributed by atoms with Crippen LogP contribution in [0.1, 0.15) is 24.5 Å². The molecule has 1 aromatic heterocycles. The minimum Gasteiger partial charge on any atom is -0.325 e. The molecule has 1 atom stereocenters. The summed E-state index contributed by atoms with van der Waals surface area (Å²) in [7, 11) is -0.518. The first-order chi connectivity index (χ1) is 15.0. The fourth-order valence-electron chi connectivity index (χ4n) is 3.20. The zero-order valence-electron chi connectivity index (χ0n) is 18.6. The maximum atomic E-state index is 12.9. The Kier molecular flexibility index (Phi) is 7.50. The Morgan fingerprint density at radius 2 is 1.91 bits per heavy atom. The molecule has 0 radical (unpaired) electrons. The number of carbonyl (C=O) groups is 1. The van der Waals surface area contributed by atoms with Gasteiger partial charge in [-0.2, -0.15) is 0 Å². The number of nitrogens with zero attached hydrogens (tertiary/aromatic N) is 2. The van der Waals surface area contributed by atoms with Gasteiger partial charge in [-0.25, -0.2) is 17.7 Å². The summed E-state index contributed by atoms with van der Waals surface area (Å²) in [6.45, 7) is 5.73. The fraction of sp³-hybridized carbons (Fsp3) is 0.304. The van der Waals surface area contributed by atoms with Crippen LogP contribution in [-0.4, -0.2) is 43.0 Å². The molecule has 32 heavy (non-hydrogen) atoms. The van der Waals surface area contributed by atoms with Gasteiger partial charge in [-0.05, 0) is 67.8 Å². The molecular formula is C23H26ClN3O3S2. The summed E-state index contributed by atoms with van der Waals surface area (Å²) in [6, 6.07) is 12.2. The molecule has 0 unspecified atom stereocenters. The Balaban J connectivity index is 1.87. The lowest BCUT2D eigenvalue weighted by molar-refractivity contribution is -0.115. The second-order valence-electron chi connectivity index (χ2n) is 7.66. The normalized spacial score (nSPS) is 12.8. The number of halogens is 1. The first-order valence-corrected chi connectivity index (χ1v) is 12.8. The third-order valence-corrected chi connectivity index (χ3v) is 8.70. The highest BCUT2D eigenvalue weighted by atomic mass is 35.5. The number of aromatic nitrogens is 1. The van der Waals surface area contributed by atoms with E-state index in [9.17, 15) is 13.2 Å². The summed E-state index contributed by atoms with van der Waals surface area (Å²) in [5.74, 6) is -0.116. The molecular weight excluding hydrogens is 466 g/mol. The predicted molar refractivity (Wildman–Crippen MR) is 132 cm³/mol. The molecule has 0 aliphatic carbocycles. The molecule has 170 valence electrons. The van der Waals surface area contributed by atoms with E-state index in [0.29, 0.717) is 27.7 Å². The van der Waals surface area contributed by atoms with Crippen molar-refractivity contribution in [1.29, 1.82) is 0 Å². The minimum atomic E-state index is -3.53. The number of hydrogen-bond acceptors (Lipinski definition) is 5. The predicted octanol–water partition coefficient (Wildman–Crippen LogP) is 5.26. The molecule has 9 heteroatoms. The molecule has 1 N–H and O–H groups in total. The van der Waals surface area contributed by atoms with Crippen LogP contribution in [0.3, 0.4) is 0 Å². The molecule has 1 amide bonds. The SMILES string of the molecule is CC[C@@H](Sc1cc(C)c2cc(S(=O)(=O)N(C)C)ccc2n1)C(=O)Nc1cccc(Cl)c1C. The highest BCUT2D eigenvalue weighted by molar-refractivity contribution is 8.00. The van der Waals surface area contributed by atoms with Crippen LogP contribution in [0, 0.1) is 13.8 Å². The van der Waals surface area contributed by atoms with E-state index in [1.54, 1.807) is 30.3 Å². The number of nitrogens with one attached hydrogen (secondary N) is 1. The van der Waals surface area contributed by atoms with Crippen molar-refractivity contribution in [3.05, 3.63) is 58.6 Å². The molecule has 0 fully saturated rings. The molecule has 6 nitrogen and oxygen atoms in total. The van der Waals surface area contributed by atoms with Crippen LogP contribution < -0.4 is 5.32 Å². The van der Waals surface area contributed by atoms with E-state index < -0.39 is 10.0 Å². The molecule has 0 aliphatic rings. The molecule has 3 rings (SSSR count). The maximum Gasteiger partial charge on any atom is 0.242 e. The Morgan fingerprint density at radius 1 is 1.19 bits per heavy atom. The Hall–Kier alpha value is -2.13. The molecule has 1 heterocycles. The first kappa shape index (κ1) is 24.5. The molecule has 0 spiro atoms. The van der Waals surface area contributed by atoms with Crippen LogP contribution in [0.2, 0.25) is 5.02 Å². The van der Waals surface area contributed by atoms with Gasteiger partial charge in [-0.15, -0.1) is 0 Å². The van der Waals surface area contributed by atoms with Crippen molar-refractivity contribution in [1.82, 2.24) is 9.29 Å². The molecule has 0 saturated carbocycles. The molecule has 0 bridgehead atoms. The average Bonchev–Trinajstić information content (AvgIpc) is 2.74. The van der Waals surface area contributed by atoms with Crippen LogP contribution in [0.15, 0.2) is 52.4 Å². The van der Waals surface area contributed by atoms with E-state index in [2.05, 4.69) is 10.3 Å². The average molecular weight is 492 g/mol. The van der Waals surface area contributed by atoms with Crippen molar-refractivity contribution in [2.24, 2.45) is 0 Å². The maximum absolute atomic E-state index is 12.9. The smallest absolute Gasteiger partial charge is 0.242 e. The summed E-state index contributed by atoms with van der Waals surface area (Å²) in [6.07, 6.45) is 0.620. The van der Waals surface area contributed by atoms with E-state index in [0.717, 1.165) is 16.5 Å². The number of pyridine rings is 1. The highest BCUT2D eigenvalue weighted by Crippen LogP contribution is 2.31. The number of hydrogen-bond donors (Lipinski definition) is 1. The monoisotopic (exact) mass is 491 g/mol. The van der Waals surface area contributed by atoms with Gasteiger partial charge in [0.1, 0.15) is 0 Å². The molecule has 0 aliphatic heterocycles. The Morgan fingerprint density at radius 3 is 2.56 bits per heavy atom. The lowest BCUT2D eigenvalue weighted by Gasteiger charge is -2.17. The minimum absolute atomic E-state index is 0.116. The van der Waals surface area contributed by atoms with Gasteiger partial charge in [0, 0.05) is 30.2 Å². The van der Waals surface area contributed by atoms with E-state index in [1.165, 1.54) is 30.2 Å². The number of anilines is 1. The van der Waals surface area contributed by atoms with E-state index >= 15 is 0 Å². The van der Waals surface area contributed by atoms with Gasteiger partial charge in [-0.3, -0.25) is 4.79 Å². The number of carbonyl (C=O) groups excluding carboxylic acids is 1. The number of amides is 1. The van der Waals surface area contributed by atoms with Gasteiger partial charge in [0.15, 0.2) is 0 Å². The largest absolute Gasteiger partial charge is 0.325 e. The first-order valence-electron chi connectivity index (χ1n) is 10.1. The van der Waals surface area contributed by atoms with Crippen molar-refractivity contribution >= 4 is 55.9 Å². The quantitative estimate of drug-likeness (QED) is 0.456. The lowest BCUT2D eigenvalue weighted by atomic mass is 10.1. The van der Waals surface area contributed by atoms with Gasteiger partial charge >= 0.3 is 0 Å². The van der Waals surface area contributed by atoms with Crippen molar-refractivity contribution in [2.45, 2.75) is 42.4 Å². The second kappa shape index (κ2) is 9.79. The van der Waals surface area contributed by atoms with Crippen LogP contribution in [0.4, 0.5) is 5.69 Å². The summed E-state index contributed by atoms with van der Waals surface area (Å²) in [5, 5.41) is 4.71. The highest BCUT2D eigenvalue weighted by Gasteiger charge is 2.21. The summed E-state index contributed by atoms with van der Waals surface area (Å²) in [5.41, 5.74) is 3.10. The number of thioether (sulfide) groups is 1. The summed E-state index contributed by atoms with van der Waals surface area (Å²) >= 11 is 7.55. The molecule has 2 aromatic carbocycles. The van der Waals surface area contributed by atoms with Gasteiger partial charge in [-0.1, -0.05) is 36.4 Å². The van der Waals surface area contributed by atoms with Crippen molar-refractivity contribution < 1.29 is 13.2 Å². The number of sulfonamides is 1. The standard InChI is InChI=1S/C23H26ClN3O3S2/c1-6-21(23(28)26-19-9-7-8-18(24)15(19)3)31-22-12-14(2)17-13-16(10-11-20(17)25-22)32(29,30)27(4)5/h7-13,21H,6H2,1-5H3,(H,26,28)/t21-/m1/s1. The van der Waals surface area contributed by atoms with Crippen molar-refractivity contribution in [3.63, 3.8) is 0 Å². The summed E-state index contributed by atoms with van der Waals surface area (Å²) < 4.78 is 26.1. The van der Waals surface area contributed by atoms with Crippen LogP contribution >= 0.6 is 23.4 Å². The van der Waals surface area contributed by atoms with Crippen LogP contribution in [-0.2, 0) is 14.8 Å². The number of fused-ring (bicyclic) bond motifs is 1. The van der Waals surface area contributed by atoms with E-state index in [-0.39, 0.29) is 16.1 Å². The third kappa shape index (κ3) is 5.09. The number of rotatable bonds is 7. The zero-order valence-corrected chi connectivity index (χ0v) is 21.0. The third-order valence-electron chi connectivity index (χ3n) is 5.19. The van der Waals surface area contributed by atoms with E-state index in [1.807, 2.05) is 32.9 Å². The van der Waals surface area contributed by atoms with Gasteiger partial charge < -0.3 is 5.32 Å². The second-order valence-corrected chi connectivity index (χ2v) is 11.4. The number of aryl methyl sites for hydroxylation is 1. The topological polar surface area (TPSA) is 79.4 Å². The Bertz CT molecular complexity index is 1280. The van der Waals surface area contributed by atoms with E-state index in [4.69, 9.17) is 11.6 Å². The fourth-order valence-corrected chi connectivity index (χ4v) is 5.32. The lowest BCUT2D eigenvalue weighted by Crippen LogP contribution is -2.25. The van der Waals surface area contributed by atoms with Crippen LogP contribution in [0.25, 0.3) is 10.9 Å². The van der Waals surface area contributed by atoms with Crippen molar-refractivity contribution in [3.8, 4) is 0 Å². The van der Waals surface area contributed by atoms with Gasteiger partial charge in [0.25, 0.3) is 0 Å². The summed E-state index contributed by atoms with van der Waals surface area (Å²) in [4.78, 5) is 17.8. The molecule has 3 aromatic rings. The van der Waals surface area contributed by atoms with Gasteiger partial charge in [0.2, 0.25) is 15.9 Å².